The highest BCUT2D eigenvalue weighted by Crippen LogP contribution is 2.39. The lowest BCUT2D eigenvalue weighted by atomic mass is 9.93. The molecule has 9 heteroatoms. The third-order valence-corrected chi connectivity index (χ3v) is 6.18. The van der Waals surface area contributed by atoms with Crippen LogP contribution in [0.1, 0.15) is 51.3 Å². The summed E-state index contributed by atoms with van der Waals surface area (Å²) < 4.78 is 5.57. The Labute approximate surface area is 206 Å². The fraction of sp³-hybridized carbons (Fsp3) is 0.423. The van der Waals surface area contributed by atoms with Gasteiger partial charge in [-0.1, -0.05) is 0 Å². The molecule has 35 heavy (non-hydrogen) atoms. The van der Waals surface area contributed by atoms with Crippen LogP contribution in [0.15, 0.2) is 24.3 Å². The van der Waals surface area contributed by atoms with Gasteiger partial charge < -0.3 is 29.9 Å². The molecule has 0 bridgehead atoms. The summed E-state index contributed by atoms with van der Waals surface area (Å²) in [6.07, 6.45) is 0. The lowest BCUT2D eigenvalue weighted by Gasteiger charge is -2.27. The number of fused-ring (bicyclic) bond motifs is 1. The third kappa shape index (κ3) is 4.95. The van der Waals surface area contributed by atoms with Crippen LogP contribution in [0.4, 0.5) is 11.4 Å². The molecule has 1 aliphatic heterocycles. The molecule has 0 saturated heterocycles. The maximum absolute atomic E-state index is 13.4. The monoisotopic (exact) mass is 481 g/mol. The first-order valence-electron chi connectivity index (χ1n) is 11.4. The Morgan fingerprint density at radius 2 is 1.74 bits per heavy atom. The van der Waals surface area contributed by atoms with Gasteiger partial charge >= 0.3 is 0 Å². The summed E-state index contributed by atoms with van der Waals surface area (Å²) in [7, 11) is 10.5. The van der Waals surface area contributed by atoms with Crippen LogP contribution >= 0.6 is 0 Å². The van der Waals surface area contributed by atoms with Crippen LogP contribution in [0, 0.1) is 5.41 Å². The number of carbonyl (C=O) groups is 2. The zero-order valence-electron chi connectivity index (χ0n) is 21.7. The van der Waals surface area contributed by atoms with Crippen LogP contribution in [0.5, 0.6) is 5.75 Å². The van der Waals surface area contributed by atoms with Gasteiger partial charge in [-0.25, -0.2) is 0 Å². The fourth-order valence-corrected chi connectivity index (χ4v) is 4.30. The van der Waals surface area contributed by atoms with Crippen LogP contribution in [-0.2, 0) is 12.1 Å². The summed E-state index contributed by atoms with van der Waals surface area (Å²) in [6, 6.07) is 7.04. The number of aliphatic hydroxyl groups is 1. The second-order valence-electron chi connectivity index (χ2n) is 9.66. The van der Waals surface area contributed by atoms with Crippen molar-refractivity contribution in [1.29, 1.82) is 5.41 Å². The molecule has 0 spiro atoms. The molecule has 2 aromatic rings. The first-order valence-corrected chi connectivity index (χ1v) is 11.4. The number of Topliss-reactive ketones (excluding diaryl/α,β-unsaturated/α-hetero) is 1. The summed E-state index contributed by atoms with van der Waals surface area (Å²) in [5, 5.41) is 22.1. The molecule has 0 aromatic heterocycles. The Hall–Kier alpha value is -3.59. The van der Waals surface area contributed by atoms with E-state index >= 15 is 0 Å². The smallest absolute Gasteiger partial charge is 0.253 e. The third-order valence-electron chi connectivity index (χ3n) is 6.18. The molecule has 9 nitrogen and oxygen atoms in total. The van der Waals surface area contributed by atoms with Crippen LogP contribution in [0.2, 0.25) is 0 Å². The average molecular weight is 482 g/mol. The number of carbonyl (C=O) groups excluding carboxylic acids is 2. The van der Waals surface area contributed by atoms with E-state index in [1.165, 1.54) is 7.11 Å². The van der Waals surface area contributed by atoms with Crippen molar-refractivity contribution in [2.45, 2.75) is 26.0 Å². The van der Waals surface area contributed by atoms with Gasteiger partial charge in [-0.05, 0) is 43.7 Å². The largest absolute Gasteiger partial charge is 0.494 e. The van der Waals surface area contributed by atoms with Gasteiger partial charge in [0.05, 0.1) is 30.5 Å². The maximum Gasteiger partial charge on any atom is 0.253 e. The molecule has 1 aliphatic rings. The van der Waals surface area contributed by atoms with Gasteiger partial charge in [0, 0.05) is 64.2 Å². The van der Waals surface area contributed by atoms with Gasteiger partial charge in [0.1, 0.15) is 11.6 Å². The van der Waals surface area contributed by atoms with Gasteiger partial charge in [0.2, 0.25) is 0 Å². The molecule has 0 saturated carbocycles. The van der Waals surface area contributed by atoms with E-state index in [1.807, 2.05) is 44.1 Å². The van der Waals surface area contributed by atoms with Crippen molar-refractivity contribution < 1.29 is 19.4 Å². The standard InChI is InChI=1S/C26H35N5O4/c1-26(2,34)19-9-15(10-21(30(6)7)23(19)35-8)22(32)14-31-13-16-11-20(29(4)5)18(25(33)28-3)12-17(16)24(31)27/h9-12,27,34H,13-14H2,1-8H3,(H,28,33). The number of ketones is 1. The molecule has 0 atom stereocenters. The number of anilines is 2. The summed E-state index contributed by atoms with van der Waals surface area (Å²) in [6.45, 7) is 3.68. The quantitative estimate of drug-likeness (QED) is 0.497. The van der Waals surface area contributed by atoms with E-state index < -0.39 is 5.60 Å². The molecule has 0 radical (unpaired) electrons. The number of amides is 1. The second kappa shape index (κ2) is 9.58. The van der Waals surface area contributed by atoms with Gasteiger partial charge in [-0.15, -0.1) is 0 Å². The zero-order valence-corrected chi connectivity index (χ0v) is 21.7. The predicted molar refractivity (Wildman–Crippen MR) is 138 cm³/mol. The maximum atomic E-state index is 13.4. The molecule has 0 unspecified atom stereocenters. The van der Waals surface area contributed by atoms with E-state index in [9.17, 15) is 14.7 Å². The Morgan fingerprint density at radius 3 is 2.26 bits per heavy atom. The first-order chi connectivity index (χ1) is 16.3. The van der Waals surface area contributed by atoms with E-state index in [0.29, 0.717) is 40.2 Å². The Balaban J connectivity index is 1.96. The van der Waals surface area contributed by atoms with Crippen molar-refractivity contribution in [2.75, 3.05) is 58.7 Å². The average Bonchev–Trinajstić information content (AvgIpc) is 3.10. The molecule has 188 valence electrons. The number of hydrogen-bond acceptors (Lipinski definition) is 7. The molecular formula is C26H35N5O4. The van der Waals surface area contributed by atoms with Crippen molar-refractivity contribution in [3.63, 3.8) is 0 Å². The minimum absolute atomic E-state index is 0.00931. The van der Waals surface area contributed by atoms with Crippen molar-refractivity contribution in [3.8, 4) is 5.75 Å². The minimum Gasteiger partial charge on any atom is -0.494 e. The predicted octanol–water partition coefficient (Wildman–Crippen LogP) is 2.44. The highest BCUT2D eigenvalue weighted by Gasteiger charge is 2.31. The molecule has 2 aromatic carbocycles. The molecular weight excluding hydrogens is 446 g/mol. The van der Waals surface area contributed by atoms with Gasteiger partial charge in [-0.2, -0.15) is 0 Å². The minimum atomic E-state index is -1.22. The number of hydrogen-bond donors (Lipinski definition) is 3. The first kappa shape index (κ1) is 26.0. The fourth-order valence-electron chi connectivity index (χ4n) is 4.30. The topological polar surface area (TPSA) is 109 Å². The molecule has 1 amide bonds. The molecule has 3 N–H and O–H groups in total. The number of amidine groups is 1. The van der Waals surface area contributed by atoms with Crippen molar-refractivity contribution in [2.24, 2.45) is 0 Å². The summed E-state index contributed by atoms with van der Waals surface area (Å²) in [5.41, 5.74) is 3.17. The normalized spacial score (nSPS) is 12.9. The Kier molecular flexibility index (Phi) is 7.12. The highest BCUT2D eigenvalue weighted by atomic mass is 16.5. The van der Waals surface area contributed by atoms with E-state index in [-0.39, 0.29) is 24.1 Å². The number of methoxy groups -OCH3 is 1. The summed E-state index contributed by atoms with van der Waals surface area (Å²) >= 11 is 0. The second-order valence-corrected chi connectivity index (χ2v) is 9.66. The number of benzene rings is 2. The zero-order chi connectivity index (χ0) is 26.2. The van der Waals surface area contributed by atoms with Gasteiger partial charge in [0.15, 0.2) is 5.78 Å². The van der Waals surface area contributed by atoms with Crippen molar-refractivity contribution in [1.82, 2.24) is 10.2 Å². The van der Waals surface area contributed by atoms with E-state index in [0.717, 1.165) is 11.3 Å². The lowest BCUT2D eigenvalue weighted by Crippen LogP contribution is -2.31. The lowest BCUT2D eigenvalue weighted by molar-refractivity contribution is 0.0755. The highest BCUT2D eigenvalue weighted by molar-refractivity contribution is 6.08. The van der Waals surface area contributed by atoms with Crippen molar-refractivity contribution in [3.05, 3.63) is 52.1 Å². The molecule has 0 aliphatic carbocycles. The van der Waals surface area contributed by atoms with Gasteiger partial charge in [-0.3, -0.25) is 15.0 Å². The SMILES string of the molecule is CNC(=O)c1cc2c(cc1N(C)C)CN(CC(=O)c1cc(N(C)C)c(OC)c(C(C)(C)O)c1)C2=N. The van der Waals surface area contributed by atoms with Crippen LogP contribution in [-0.4, -0.2) is 76.4 Å². The van der Waals surface area contributed by atoms with Crippen LogP contribution in [0.3, 0.4) is 0 Å². The number of nitrogens with zero attached hydrogens (tertiary/aromatic N) is 3. The van der Waals surface area contributed by atoms with E-state index in [1.54, 1.807) is 44.0 Å². The molecule has 0 fully saturated rings. The number of nitrogens with one attached hydrogen (secondary N) is 2. The van der Waals surface area contributed by atoms with Crippen molar-refractivity contribution >= 4 is 28.9 Å². The van der Waals surface area contributed by atoms with Crippen LogP contribution in [0.25, 0.3) is 0 Å². The summed E-state index contributed by atoms with van der Waals surface area (Å²) in [5.74, 6) is 0.303. The number of rotatable bonds is 8. The Morgan fingerprint density at radius 1 is 1.11 bits per heavy atom. The summed E-state index contributed by atoms with van der Waals surface area (Å²) in [4.78, 5) is 31.2. The Bertz CT molecular complexity index is 1180. The van der Waals surface area contributed by atoms with Crippen LogP contribution < -0.4 is 19.9 Å². The van der Waals surface area contributed by atoms with E-state index in [2.05, 4.69) is 5.32 Å². The number of ether oxygens (including phenoxy) is 1. The van der Waals surface area contributed by atoms with E-state index in [4.69, 9.17) is 10.1 Å². The molecule has 3 rings (SSSR count). The van der Waals surface area contributed by atoms with Gasteiger partial charge in [0.25, 0.3) is 5.91 Å². The molecule has 1 heterocycles.